The number of carbonyl (C=O) groups excluding carboxylic acids is 1. The Morgan fingerprint density at radius 1 is 0.867 bits per heavy atom. The summed E-state index contributed by atoms with van der Waals surface area (Å²) in [6, 6.07) is 26.7. The summed E-state index contributed by atoms with van der Waals surface area (Å²) < 4.78 is 12.8. The lowest BCUT2D eigenvalue weighted by atomic mass is 9.52. The largest absolute Gasteiger partial charge is 0.508 e. The van der Waals surface area contributed by atoms with Gasteiger partial charge in [0, 0.05) is 65.9 Å². The van der Waals surface area contributed by atoms with Crippen LogP contribution in [0, 0.1) is 23.7 Å². The maximum atomic E-state index is 17.1. The van der Waals surface area contributed by atoms with Crippen LogP contribution in [-0.4, -0.2) is 97.7 Å². The van der Waals surface area contributed by atoms with Crippen molar-refractivity contribution in [3.05, 3.63) is 147 Å². The number of fused-ring (bicyclic) bond motifs is 5. The van der Waals surface area contributed by atoms with Crippen LogP contribution in [-0.2, 0) is 42.4 Å². The van der Waals surface area contributed by atoms with Crippen LogP contribution < -0.4 is 14.8 Å². The molecule has 15 heteroatoms. The number of benzene rings is 5. The average molecular weight is 1090 g/mol. The molecule has 10 atom stereocenters. The van der Waals surface area contributed by atoms with E-state index in [-0.39, 0.29) is 53.3 Å². The van der Waals surface area contributed by atoms with E-state index in [9.17, 15) is 30.6 Å². The standard InChI is InChI=1S/C60H70N2O9S4/c1-4-36-12-13-37-9-7-10-45-53(30-63)75-74-32-42-25-54(67)60(43-21-35(28-61-2)22-44(64)26-43,48-33-73-72-31-40-8-5-6-11-51(40)71-52-24-39(48)15-16-49(52)65)59(69)56(42)57(68)41(20-34-18-19-62-29-34)23-38-14-17-50(66)58(70-3)47(38)27-46(36)55(37)45/h7,9-10,12-19,21-22,24,26,29,40-42,48,51,53-54,56-57,61-68H,4-6,8,11,20,23,25,27-28,30-33H2,1-3H3/t40-,41-,42+,48+,51+,53+,54-,56-,57+,60+/m1/s1. The number of ether oxygens (including phenoxy) is 2. The number of Topliss-reactive ketones (excluding diaryl/α,β-unsaturated/α-hetero) is 1. The maximum Gasteiger partial charge on any atom is 0.164 e. The summed E-state index contributed by atoms with van der Waals surface area (Å²) in [6.07, 6.45) is 7.23. The van der Waals surface area contributed by atoms with E-state index in [1.54, 1.807) is 74.6 Å². The maximum absolute atomic E-state index is 17.1. The van der Waals surface area contributed by atoms with Crippen LogP contribution in [0.25, 0.3) is 10.8 Å². The number of aliphatic hydroxyl groups excluding tert-OH is 3. The van der Waals surface area contributed by atoms with Gasteiger partial charge >= 0.3 is 0 Å². The zero-order chi connectivity index (χ0) is 52.4. The number of aromatic nitrogens is 1. The van der Waals surface area contributed by atoms with Crippen molar-refractivity contribution in [3.63, 3.8) is 0 Å². The molecule has 6 aromatic rings. The minimum absolute atomic E-state index is 0.000334. The van der Waals surface area contributed by atoms with Crippen LogP contribution >= 0.6 is 43.2 Å². The molecular weight excluding hydrogens is 1020 g/mol. The Morgan fingerprint density at radius 2 is 1.68 bits per heavy atom. The second kappa shape index (κ2) is 23.7. The number of methoxy groups -OCH3 is 1. The van der Waals surface area contributed by atoms with Crippen molar-refractivity contribution < 1.29 is 44.9 Å². The summed E-state index contributed by atoms with van der Waals surface area (Å²) in [7, 11) is 9.91. The van der Waals surface area contributed by atoms with E-state index in [4.69, 9.17) is 9.47 Å². The van der Waals surface area contributed by atoms with Crippen molar-refractivity contribution in [1.29, 1.82) is 0 Å². The van der Waals surface area contributed by atoms with Crippen LogP contribution in [0.4, 0.5) is 0 Å². The molecule has 1 aromatic heterocycles. The summed E-state index contributed by atoms with van der Waals surface area (Å²) in [5.41, 5.74) is 6.00. The highest BCUT2D eigenvalue weighted by Gasteiger charge is 2.61. The molecule has 0 radical (unpaired) electrons. The monoisotopic (exact) mass is 1090 g/mol. The molecule has 4 aliphatic rings. The zero-order valence-corrected chi connectivity index (χ0v) is 46.1. The number of hydrogen-bond donors (Lipinski definition) is 8. The van der Waals surface area contributed by atoms with Gasteiger partial charge in [-0.2, -0.15) is 0 Å². The summed E-state index contributed by atoms with van der Waals surface area (Å²) in [4.78, 5) is 20.3. The van der Waals surface area contributed by atoms with E-state index in [0.29, 0.717) is 59.9 Å². The number of carbonyl (C=O) groups is 1. The third-order valence-corrected chi connectivity index (χ3v) is 22.2. The summed E-state index contributed by atoms with van der Waals surface area (Å²) in [5, 5.41) is 78.1. The topological polar surface area (TPSA) is 185 Å². The number of aromatic hydroxyl groups is 3. The SMILES string of the molecule is CCc1ccc2cccc3c2c1Cc1c(ccc(O)c1OC)C[C@@H](Cc1cc[nH]c1)[C@H](O)[C@@H]1C(=O)[C@@](c2cc(O)cc(CNC)c2)([C@H]2CSSC[C@H]4CCCC[C@@H]4Oc4cc2ccc4O)[C@H](O)C[C@H]1CSS[C@H]3CO. The first-order valence-electron chi connectivity index (χ1n) is 26.5. The first kappa shape index (κ1) is 53.9. The molecule has 3 heterocycles. The molecule has 5 aromatic carbocycles. The van der Waals surface area contributed by atoms with Gasteiger partial charge in [0.05, 0.1) is 36.6 Å². The van der Waals surface area contributed by atoms with Crippen molar-refractivity contribution in [2.45, 2.75) is 106 Å². The Balaban J connectivity index is 1.18. The molecule has 75 heavy (non-hydrogen) atoms. The number of phenols is 3. The quantitative estimate of drug-likeness (QED) is 0.0640. The van der Waals surface area contributed by atoms with Gasteiger partial charge in [0.2, 0.25) is 0 Å². The Morgan fingerprint density at radius 3 is 2.47 bits per heavy atom. The molecule has 0 spiro atoms. The van der Waals surface area contributed by atoms with Crippen LogP contribution in [0.1, 0.15) is 100 Å². The summed E-state index contributed by atoms with van der Waals surface area (Å²) in [6.45, 7) is 2.37. The first-order chi connectivity index (χ1) is 36.5. The predicted octanol–water partition coefficient (Wildman–Crippen LogP) is 11.0. The zero-order valence-electron chi connectivity index (χ0n) is 42.9. The molecule has 2 saturated carbocycles. The van der Waals surface area contributed by atoms with Crippen LogP contribution in [0.5, 0.6) is 28.7 Å². The molecule has 0 saturated heterocycles. The molecule has 2 bridgehead atoms. The second-order valence-electron chi connectivity index (χ2n) is 21.1. The number of rotatable bonds is 9. The highest BCUT2D eigenvalue weighted by atomic mass is 33.1. The summed E-state index contributed by atoms with van der Waals surface area (Å²) in [5.74, 6) is -0.597. The summed E-state index contributed by atoms with van der Waals surface area (Å²) >= 11 is 0. The molecule has 11 nitrogen and oxygen atoms in total. The lowest BCUT2D eigenvalue weighted by molar-refractivity contribution is -0.150. The number of phenolic OH excluding ortho intramolecular Hbond substituents is 3. The Bertz CT molecular complexity index is 2970. The van der Waals surface area contributed by atoms with Crippen molar-refractivity contribution in [2.75, 3.05) is 38.0 Å². The van der Waals surface area contributed by atoms with Crippen LogP contribution in [0.2, 0.25) is 0 Å². The van der Waals surface area contributed by atoms with Crippen molar-refractivity contribution in [1.82, 2.24) is 10.3 Å². The molecule has 0 amide bonds. The number of aryl methyl sites for hydroxylation is 1. The fraction of sp³-hybridized carbons (Fsp3) is 0.450. The highest BCUT2D eigenvalue weighted by Crippen LogP contribution is 2.57. The normalized spacial score (nSPS) is 27.6. The van der Waals surface area contributed by atoms with Gasteiger partial charge in [-0.1, -0.05) is 105 Å². The van der Waals surface area contributed by atoms with E-state index >= 15 is 4.79 Å². The lowest BCUT2D eigenvalue weighted by Gasteiger charge is -2.52. The number of ketones is 1. The number of aliphatic hydroxyl groups is 3. The van der Waals surface area contributed by atoms with Crippen LogP contribution in [0.15, 0.2) is 97.3 Å². The molecule has 2 fully saturated rings. The first-order valence-corrected chi connectivity index (χ1v) is 31.4. The van der Waals surface area contributed by atoms with Crippen molar-refractivity contribution in [3.8, 4) is 28.7 Å². The molecule has 398 valence electrons. The second-order valence-corrected chi connectivity index (χ2v) is 26.3. The fourth-order valence-corrected chi connectivity index (χ4v) is 18.9. The number of nitrogens with one attached hydrogen (secondary N) is 2. The molecule has 2 aliphatic carbocycles. The van der Waals surface area contributed by atoms with Gasteiger partial charge < -0.3 is 50.4 Å². The predicted molar refractivity (Wildman–Crippen MR) is 306 cm³/mol. The molecule has 0 unspecified atom stereocenters. The van der Waals surface area contributed by atoms with E-state index in [2.05, 4.69) is 41.5 Å². The number of H-pyrrole nitrogens is 1. The highest BCUT2D eigenvalue weighted by molar-refractivity contribution is 8.77. The number of aromatic amines is 1. The van der Waals surface area contributed by atoms with Crippen molar-refractivity contribution in [2.24, 2.45) is 23.7 Å². The van der Waals surface area contributed by atoms with Gasteiger partial charge in [-0.05, 0) is 156 Å². The fourth-order valence-electron chi connectivity index (χ4n) is 13.1. The van der Waals surface area contributed by atoms with Gasteiger partial charge in [-0.25, -0.2) is 0 Å². The van der Waals surface area contributed by atoms with E-state index in [0.717, 1.165) is 87.6 Å². The minimum Gasteiger partial charge on any atom is -0.508 e. The van der Waals surface area contributed by atoms with Gasteiger partial charge in [-0.3, -0.25) is 4.79 Å². The third-order valence-electron chi connectivity index (χ3n) is 16.8. The van der Waals surface area contributed by atoms with E-state index in [1.807, 2.05) is 55.8 Å². The molecular formula is C60H70N2O9S4. The molecule has 8 N–H and O–H groups in total. The molecule has 2 aliphatic heterocycles. The minimum atomic E-state index is -1.71. The Labute approximate surface area is 456 Å². The Kier molecular flexibility index (Phi) is 17.0. The third kappa shape index (κ3) is 10.7. The van der Waals surface area contributed by atoms with E-state index in [1.165, 1.54) is 0 Å². The number of hydrogen-bond acceptors (Lipinski definition) is 14. The smallest absolute Gasteiger partial charge is 0.164 e. The van der Waals surface area contributed by atoms with Crippen molar-refractivity contribution >= 4 is 59.7 Å². The van der Waals surface area contributed by atoms with Gasteiger partial charge in [-0.15, -0.1) is 0 Å². The van der Waals surface area contributed by atoms with E-state index < -0.39 is 41.3 Å². The lowest BCUT2D eigenvalue weighted by Crippen LogP contribution is -2.62. The van der Waals surface area contributed by atoms with Gasteiger partial charge in [0.25, 0.3) is 0 Å². The van der Waals surface area contributed by atoms with Gasteiger partial charge in [0.15, 0.2) is 28.8 Å². The average Bonchev–Trinajstić information content (AvgIpc) is 3.93. The molecule has 10 rings (SSSR count). The van der Waals surface area contributed by atoms with Crippen LogP contribution in [0.3, 0.4) is 0 Å². The van der Waals surface area contributed by atoms with Gasteiger partial charge in [0.1, 0.15) is 11.9 Å². The Hall–Kier alpha value is -4.45.